The Bertz CT molecular complexity index is 1030. The van der Waals surface area contributed by atoms with Gasteiger partial charge in [-0.2, -0.15) is 0 Å². The maximum absolute atomic E-state index is 11.8. The highest BCUT2D eigenvalue weighted by Crippen LogP contribution is 2.40. The molecule has 0 fully saturated rings. The van der Waals surface area contributed by atoms with Gasteiger partial charge in [0.2, 0.25) is 0 Å². The number of methoxy groups -OCH3 is 1. The van der Waals surface area contributed by atoms with Gasteiger partial charge in [0.15, 0.2) is 0 Å². The fourth-order valence-corrected chi connectivity index (χ4v) is 2.98. The standard InChI is InChI=1S/C19H19N3O4/c1-11(12(2)20)18-19(22(24)25)16-9-6-14(23)10-17(16)21(18)13-4-7-15(26-3)8-5-13/h4-10,23H,20H2,1-3H3. The molecule has 0 radical (unpaired) electrons. The average molecular weight is 353 g/mol. The molecule has 0 aliphatic heterocycles. The van der Waals surface area contributed by atoms with Gasteiger partial charge in [0.25, 0.3) is 0 Å². The number of aromatic nitrogens is 1. The van der Waals surface area contributed by atoms with Crippen molar-refractivity contribution in [2.45, 2.75) is 13.8 Å². The molecule has 0 saturated carbocycles. The third-order valence-corrected chi connectivity index (χ3v) is 4.39. The molecule has 0 spiro atoms. The number of fused-ring (bicyclic) bond motifs is 1. The predicted octanol–water partition coefficient (Wildman–Crippen LogP) is 3.96. The molecule has 3 rings (SSSR count). The first kappa shape index (κ1) is 17.3. The minimum absolute atomic E-state index is 0.0253. The number of allylic oxidation sites excluding steroid dienone is 2. The molecule has 1 heterocycles. The Labute approximate surface area is 150 Å². The molecular weight excluding hydrogens is 334 g/mol. The highest BCUT2D eigenvalue weighted by Gasteiger charge is 2.28. The smallest absolute Gasteiger partial charge is 0.302 e. The van der Waals surface area contributed by atoms with Crippen molar-refractivity contribution in [3.8, 4) is 17.2 Å². The summed E-state index contributed by atoms with van der Waals surface area (Å²) < 4.78 is 6.92. The SMILES string of the molecule is COc1ccc(-n2c(C(C)=C(C)N)c([N+](=O)[O-])c3ccc(O)cc32)cc1. The van der Waals surface area contributed by atoms with Crippen LogP contribution in [0.5, 0.6) is 11.5 Å². The first-order chi connectivity index (χ1) is 12.3. The van der Waals surface area contributed by atoms with Crippen LogP contribution in [0.2, 0.25) is 0 Å². The fourth-order valence-electron chi connectivity index (χ4n) is 2.98. The number of nitrogens with two attached hydrogens (primary N) is 1. The van der Waals surface area contributed by atoms with Crippen molar-refractivity contribution in [2.24, 2.45) is 5.73 Å². The molecule has 2 aromatic carbocycles. The summed E-state index contributed by atoms with van der Waals surface area (Å²) in [5.41, 5.74) is 8.61. The molecule has 0 bridgehead atoms. The zero-order valence-electron chi connectivity index (χ0n) is 14.7. The van der Waals surface area contributed by atoms with Gasteiger partial charge in [0.05, 0.1) is 22.9 Å². The van der Waals surface area contributed by atoms with E-state index in [1.807, 2.05) is 0 Å². The van der Waals surface area contributed by atoms with E-state index < -0.39 is 4.92 Å². The van der Waals surface area contributed by atoms with Crippen LogP contribution in [-0.4, -0.2) is 21.7 Å². The number of hydrogen-bond donors (Lipinski definition) is 2. The van der Waals surface area contributed by atoms with Crippen LogP contribution in [0.25, 0.3) is 22.2 Å². The number of hydrogen-bond acceptors (Lipinski definition) is 5. The molecule has 1 aromatic heterocycles. The quantitative estimate of drug-likeness (QED) is 0.546. The minimum Gasteiger partial charge on any atom is -0.508 e. The summed E-state index contributed by atoms with van der Waals surface area (Å²) in [4.78, 5) is 11.4. The molecule has 7 nitrogen and oxygen atoms in total. The zero-order valence-corrected chi connectivity index (χ0v) is 14.7. The highest BCUT2D eigenvalue weighted by atomic mass is 16.6. The van der Waals surface area contributed by atoms with Crippen molar-refractivity contribution in [3.63, 3.8) is 0 Å². The summed E-state index contributed by atoms with van der Waals surface area (Å²) in [6.45, 7) is 3.45. The van der Waals surface area contributed by atoms with E-state index in [4.69, 9.17) is 10.5 Å². The summed E-state index contributed by atoms with van der Waals surface area (Å²) in [6.07, 6.45) is 0. The molecule has 3 N–H and O–H groups in total. The fraction of sp³-hybridized carbons (Fsp3) is 0.158. The number of nitrogens with zero attached hydrogens (tertiary/aromatic N) is 2. The number of aromatic hydroxyl groups is 1. The van der Waals surface area contributed by atoms with E-state index in [2.05, 4.69) is 0 Å². The van der Waals surface area contributed by atoms with E-state index in [0.717, 1.165) is 0 Å². The third kappa shape index (κ3) is 2.73. The normalized spacial score (nSPS) is 12.1. The van der Waals surface area contributed by atoms with Gasteiger partial charge in [-0.15, -0.1) is 0 Å². The Morgan fingerprint density at radius 1 is 1.19 bits per heavy atom. The second-order valence-corrected chi connectivity index (χ2v) is 6.00. The molecule has 7 heteroatoms. The third-order valence-electron chi connectivity index (χ3n) is 4.39. The van der Waals surface area contributed by atoms with Crippen molar-refractivity contribution >= 4 is 22.2 Å². The molecule has 26 heavy (non-hydrogen) atoms. The van der Waals surface area contributed by atoms with E-state index >= 15 is 0 Å². The second kappa shape index (κ2) is 6.44. The van der Waals surface area contributed by atoms with Crippen LogP contribution in [0.3, 0.4) is 0 Å². The van der Waals surface area contributed by atoms with Crippen molar-refractivity contribution in [3.05, 3.63) is 64.0 Å². The topological polar surface area (TPSA) is 104 Å². The predicted molar refractivity (Wildman–Crippen MR) is 101 cm³/mol. The van der Waals surface area contributed by atoms with Gasteiger partial charge in [0, 0.05) is 17.5 Å². The van der Waals surface area contributed by atoms with E-state index in [1.54, 1.807) is 55.9 Å². The number of benzene rings is 2. The maximum Gasteiger partial charge on any atom is 0.302 e. The lowest BCUT2D eigenvalue weighted by Crippen LogP contribution is -2.05. The van der Waals surface area contributed by atoms with Crippen molar-refractivity contribution in [2.75, 3.05) is 7.11 Å². The molecular formula is C19H19N3O4. The first-order valence-electron chi connectivity index (χ1n) is 7.94. The Kier molecular flexibility index (Phi) is 4.29. The first-order valence-corrected chi connectivity index (χ1v) is 7.94. The summed E-state index contributed by atoms with van der Waals surface area (Å²) >= 11 is 0. The Balaban J connectivity index is 2.49. The lowest BCUT2D eigenvalue weighted by molar-refractivity contribution is -0.383. The lowest BCUT2D eigenvalue weighted by atomic mass is 10.1. The van der Waals surface area contributed by atoms with Crippen LogP contribution in [-0.2, 0) is 0 Å². The van der Waals surface area contributed by atoms with E-state index in [0.29, 0.717) is 39.3 Å². The number of phenolic OH excluding ortho intramolecular Hbond substituents is 1. The number of phenols is 1. The van der Waals surface area contributed by atoms with Gasteiger partial charge in [0.1, 0.15) is 17.2 Å². The highest BCUT2D eigenvalue weighted by molar-refractivity contribution is 5.98. The van der Waals surface area contributed by atoms with Gasteiger partial charge >= 0.3 is 5.69 Å². The molecule has 134 valence electrons. The number of nitro groups is 1. The maximum atomic E-state index is 11.8. The van der Waals surface area contributed by atoms with Crippen LogP contribution in [0.1, 0.15) is 19.5 Å². The molecule has 0 aliphatic carbocycles. The molecule has 0 aliphatic rings. The van der Waals surface area contributed by atoms with Gasteiger partial charge in [-0.1, -0.05) is 0 Å². The van der Waals surface area contributed by atoms with E-state index in [9.17, 15) is 15.2 Å². The van der Waals surface area contributed by atoms with Crippen LogP contribution in [0.4, 0.5) is 5.69 Å². The number of ether oxygens (including phenoxy) is 1. The zero-order chi connectivity index (χ0) is 19.0. The average Bonchev–Trinajstić information content (AvgIpc) is 2.95. The van der Waals surface area contributed by atoms with Crippen molar-refractivity contribution < 1.29 is 14.8 Å². The summed E-state index contributed by atoms with van der Waals surface area (Å²) in [5, 5.41) is 22.2. The summed E-state index contributed by atoms with van der Waals surface area (Å²) in [6, 6.07) is 11.6. The van der Waals surface area contributed by atoms with Crippen LogP contribution < -0.4 is 10.5 Å². The molecule has 0 amide bonds. The molecule has 0 unspecified atom stereocenters. The second-order valence-electron chi connectivity index (χ2n) is 6.00. The Hall–Kier alpha value is -3.48. The van der Waals surface area contributed by atoms with E-state index in [-0.39, 0.29) is 11.4 Å². The largest absolute Gasteiger partial charge is 0.508 e. The monoisotopic (exact) mass is 353 g/mol. The summed E-state index contributed by atoms with van der Waals surface area (Å²) in [5.74, 6) is 0.698. The van der Waals surface area contributed by atoms with Gasteiger partial charge < -0.3 is 20.1 Å². The van der Waals surface area contributed by atoms with E-state index in [1.165, 1.54) is 12.1 Å². The number of rotatable bonds is 4. The van der Waals surface area contributed by atoms with Crippen molar-refractivity contribution in [1.82, 2.24) is 4.57 Å². The van der Waals surface area contributed by atoms with Crippen LogP contribution in [0.15, 0.2) is 48.2 Å². The van der Waals surface area contributed by atoms with Crippen LogP contribution in [0, 0.1) is 10.1 Å². The molecule has 0 saturated heterocycles. The minimum atomic E-state index is -0.415. The lowest BCUT2D eigenvalue weighted by Gasteiger charge is -2.12. The Morgan fingerprint density at radius 3 is 2.38 bits per heavy atom. The Morgan fingerprint density at radius 2 is 1.85 bits per heavy atom. The van der Waals surface area contributed by atoms with Gasteiger partial charge in [-0.25, -0.2) is 0 Å². The van der Waals surface area contributed by atoms with Crippen LogP contribution >= 0.6 is 0 Å². The summed E-state index contributed by atoms with van der Waals surface area (Å²) in [7, 11) is 1.57. The van der Waals surface area contributed by atoms with Crippen molar-refractivity contribution in [1.29, 1.82) is 0 Å². The van der Waals surface area contributed by atoms with Gasteiger partial charge in [-0.3, -0.25) is 10.1 Å². The van der Waals surface area contributed by atoms with Gasteiger partial charge in [-0.05, 0) is 55.8 Å². The molecule has 3 aromatic rings. The molecule has 0 atom stereocenters.